The molecule has 2 rings (SSSR count). The fourth-order valence-corrected chi connectivity index (χ4v) is 3.13. The maximum atomic E-state index is 14.0. The zero-order chi connectivity index (χ0) is 12.3. The Bertz CT molecular complexity index is 322. The van der Waals surface area contributed by atoms with Crippen LogP contribution in [0.4, 0.5) is 8.78 Å². The van der Waals surface area contributed by atoms with E-state index in [9.17, 15) is 8.78 Å². The molecule has 2 aliphatic carbocycles. The summed E-state index contributed by atoms with van der Waals surface area (Å²) < 4.78 is 27.9. The summed E-state index contributed by atoms with van der Waals surface area (Å²) >= 11 is 0. The normalized spacial score (nSPS) is 27.2. The van der Waals surface area contributed by atoms with Crippen LogP contribution in [0.15, 0.2) is 23.3 Å². The Hall–Kier alpha value is -0.660. The van der Waals surface area contributed by atoms with Crippen molar-refractivity contribution < 1.29 is 8.78 Å². The molecule has 0 saturated heterocycles. The molecule has 1 unspecified atom stereocenters. The van der Waals surface area contributed by atoms with Crippen LogP contribution in [0.3, 0.4) is 0 Å². The average Bonchev–Trinajstić information content (AvgIpc) is 2.36. The average molecular weight is 240 g/mol. The SMILES string of the molecule is CCCC1CC=C(C2CCCCC2)C(F)=C1F. The van der Waals surface area contributed by atoms with Gasteiger partial charge in [-0.25, -0.2) is 8.78 Å². The van der Waals surface area contributed by atoms with Crippen LogP contribution < -0.4 is 0 Å². The van der Waals surface area contributed by atoms with Gasteiger partial charge in [-0.15, -0.1) is 0 Å². The van der Waals surface area contributed by atoms with Crippen molar-refractivity contribution in [2.24, 2.45) is 11.8 Å². The van der Waals surface area contributed by atoms with Crippen molar-refractivity contribution in [1.82, 2.24) is 0 Å². The first-order valence-corrected chi connectivity index (χ1v) is 6.99. The summed E-state index contributed by atoms with van der Waals surface area (Å²) in [6.45, 7) is 2.02. The van der Waals surface area contributed by atoms with Gasteiger partial charge in [0.2, 0.25) is 0 Å². The first kappa shape index (κ1) is 12.8. The van der Waals surface area contributed by atoms with E-state index in [1.165, 1.54) is 6.42 Å². The minimum Gasteiger partial charge on any atom is -0.208 e. The van der Waals surface area contributed by atoms with E-state index in [2.05, 4.69) is 0 Å². The Morgan fingerprint density at radius 1 is 1.18 bits per heavy atom. The van der Waals surface area contributed by atoms with Gasteiger partial charge in [-0.05, 0) is 37.2 Å². The van der Waals surface area contributed by atoms with Gasteiger partial charge in [-0.3, -0.25) is 0 Å². The van der Waals surface area contributed by atoms with Crippen molar-refractivity contribution in [1.29, 1.82) is 0 Å². The third-order valence-electron chi connectivity index (χ3n) is 4.13. The van der Waals surface area contributed by atoms with E-state index in [1.54, 1.807) is 0 Å². The van der Waals surface area contributed by atoms with E-state index in [-0.39, 0.29) is 11.8 Å². The van der Waals surface area contributed by atoms with E-state index in [1.807, 2.05) is 13.0 Å². The fraction of sp³-hybridized carbons (Fsp3) is 0.733. The van der Waals surface area contributed by atoms with Crippen LogP contribution in [-0.2, 0) is 0 Å². The molecule has 96 valence electrons. The van der Waals surface area contributed by atoms with Gasteiger partial charge in [0.05, 0.1) is 0 Å². The summed E-state index contributed by atoms with van der Waals surface area (Å²) in [5.74, 6) is -0.930. The molecule has 0 spiro atoms. The molecule has 17 heavy (non-hydrogen) atoms. The monoisotopic (exact) mass is 240 g/mol. The lowest BCUT2D eigenvalue weighted by atomic mass is 9.79. The molecule has 2 aliphatic rings. The van der Waals surface area contributed by atoms with Gasteiger partial charge in [-0.2, -0.15) is 0 Å². The quantitative estimate of drug-likeness (QED) is 0.614. The molecular weight excluding hydrogens is 218 g/mol. The summed E-state index contributed by atoms with van der Waals surface area (Å²) in [6.07, 6.45) is 9.97. The Balaban J connectivity index is 2.10. The second-order valence-electron chi connectivity index (χ2n) is 5.38. The smallest absolute Gasteiger partial charge is 0.158 e. The third-order valence-corrected chi connectivity index (χ3v) is 4.13. The summed E-state index contributed by atoms with van der Waals surface area (Å²) in [7, 11) is 0. The standard InChI is InChI=1S/C15H22F2/c1-2-6-12-9-10-13(15(17)14(12)16)11-7-4-3-5-8-11/h10-12H,2-9H2,1H3. The lowest BCUT2D eigenvalue weighted by Gasteiger charge is -2.28. The molecule has 0 nitrogen and oxygen atoms in total. The lowest BCUT2D eigenvalue weighted by Crippen LogP contribution is -2.15. The molecule has 1 fully saturated rings. The molecular formula is C15H22F2. The number of allylic oxidation sites excluding steroid dienone is 4. The summed E-state index contributed by atoms with van der Waals surface area (Å²) in [5.41, 5.74) is 0.676. The van der Waals surface area contributed by atoms with Crippen molar-refractivity contribution in [3.8, 4) is 0 Å². The van der Waals surface area contributed by atoms with Crippen LogP contribution in [-0.4, -0.2) is 0 Å². The highest BCUT2D eigenvalue weighted by atomic mass is 19.2. The molecule has 2 heteroatoms. The summed E-state index contributed by atoms with van der Waals surface area (Å²) in [4.78, 5) is 0. The van der Waals surface area contributed by atoms with Crippen LogP contribution in [0.2, 0.25) is 0 Å². The molecule has 1 saturated carbocycles. The zero-order valence-corrected chi connectivity index (χ0v) is 10.6. The molecule has 0 heterocycles. The third kappa shape index (κ3) is 2.78. The Morgan fingerprint density at radius 3 is 2.53 bits per heavy atom. The molecule has 0 aromatic heterocycles. The molecule has 0 aliphatic heterocycles. The van der Waals surface area contributed by atoms with Gasteiger partial charge >= 0.3 is 0 Å². The topological polar surface area (TPSA) is 0 Å². The Labute approximate surface area is 103 Å². The lowest BCUT2D eigenvalue weighted by molar-refractivity contribution is 0.357. The maximum absolute atomic E-state index is 14.0. The minimum absolute atomic E-state index is 0.202. The molecule has 1 atom stereocenters. The first-order valence-electron chi connectivity index (χ1n) is 6.99. The van der Waals surface area contributed by atoms with Crippen LogP contribution in [0.1, 0.15) is 58.3 Å². The van der Waals surface area contributed by atoms with Gasteiger partial charge in [0.25, 0.3) is 0 Å². The molecule has 0 radical (unpaired) electrons. The summed E-state index contributed by atoms with van der Waals surface area (Å²) in [5, 5.41) is 0. The Kier molecular flexibility index (Phi) is 4.36. The highest BCUT2D eigenvalue weighted by Crippen LogP contribution is 2.41. The highest BCUT2D eigenvalue weighted by Gasteiger charge is 2.29. The summed E-state index contributed by atoms with van der Waals surface area (Å²) in [6, 6.07) is 0. The second-order valence-corrected chi connectivity index (χ2v) is 5.38. The fourth-order valence-electron chi connectivity index (χ4n) is 3.13. The van der Waals surface area contributed by atoms with Crippen molar-refractivity contribution in [3.63, 3.8) is 0 Å². The van der Waals surface area contributed by atoms with Crippen LogP contribution >= 0.6 is 0 Å². The number of hydrogen-bond donors (Lipinski definition) is 0. The molecule has 0 N–H and O–H groups in total. The van der Waals surface area contributed by atoms with E-state index >= 15 is 0 Å². The molecule has 0 amide bonds. The second kappa shape index (κ2) is 5.79. The Morgan fingerprint density at radius 2 is 1.88 bits per heavy atom. The van der Waals surface area contributed by atoms with Gasteiger partial charge in [0, 0.05) is 5.92 Å². The van der Waals surface area contributed by atoms with Gasteiger partial charge in [-0.1, -0.05) is 38.7 Å². The van der Waals surface area contributed by atoms with Crippen LogP contribution in [0.25, 0.3) is 0 Å². The molecule has 0 aromatic rings. The van der Waals surface area contributed by atoms with Crippen LogP contribution in [0, 0.1) is 11.8 Å². The van der Waals surface area contributed by atoms with E-state index in [0.29, 0.717) is 12.0 Å². The van der Waals surface area contributed by atoms with E-state index in [0.717, 1.165) is 38.5 Å². The largest absolute Gasteiger partial charge is 0.208 e. The van der Waals surface area contributed by atoms with Gasteiger partial charge in [0.1, 0.15) is 5.83 Å². The van der Waals surface area contributed by atoms with Crippen molar-refractivity contribution in [2.45, 2.75) is 58.3 Å². The van der Waals surface area contributed by atoms with Gasteiger partial charge in [0.15, 0.2) is 5.83 Å². The van der Waals surface area contributed by atoms with Crippen molar-refractivity contribution in [3.05, 3.63) is 23.3 Å². The first-order chi connectivity index (χ1) is 8.24. The van der Waals surface area contributed by atoms with Gasteiger partial charge < -0.3 is 0 Å². The molecule has 0 bridgehead atoms. The minimum atomic E-state index is -0.526. The predicted octanol–water partition coefficient (Wildman–Crippen LogP) is 5.46. The highest BCUT2D eigenvalue weighted by molar-refractivity contribution is 5.34. The zero-order valence-electron chi connectivity index (χ0n) is 10.6. The number of hydrogen-bond acceptors (Lipinski definition) is 0. The van der Waals surface area contributed by atoms with Crippen LogP contribution in [0.5, 0.6) is 0 Å². The van der Waals surface area contributed by atoms with Crippen molar-refractivity contribution in [2.75, 3.05) is 0 Å². The number of halogens is 2. The van der Waals surface area contributed by atoms with E-state index in [4.69, 9.17) is 0 Å². The van der Waals surface area contributed by atoms with E-state index < -0.39 is 11.7 Å². The molecule has 0 aromatic carbocycles. The van der Waals surface area contributed by atoms with Crippen molar-refractivity contribution >= 4 is 0 Å². The maximum Gasteiger partial charge on any atom is 0.158 e. The number of rotatable bonds is 3. The predicted molar refractivity (Wildman–Crippen MR) is 66.9 cm³/mol.